The number of aliphatic imine (C=N–C) groups is 1. The van der Waals surface area contributed by atoms with E-state index in [0.717, 1.165) is 0 Å². The number of nitrogens with one attached hydrogen (secondary N) is 2. The Morgan fingerprint density at radius 3 is 3.08 bits per heavy atom. The van der Waals surface area contributed by atoms with Crippen LogP contribution >= 0.6 is 0 Å². The van der Waals surface area contributed by atoms with E-state index >= 15 is 0 Å². The van der Waals surface area contributed by atoms with Gasteiger partial charge in [-0.3, -0.25) is 4.79 Å². The van der Waals surface area contributed by atoms with Crippen LogP contribution < -0.4 is 10.6 Å². The van der Waals surface area contributed by atoms with E-state index in [1.54, 1.807) is 0 Å². The monoisotopic (exact) mass is 171 g/mol. The molecule has 0 unspecified atom stereocenters. The summed E-state index contributed by atoms with van der Waals surface area (Å²) in [5.74, 6) is 0.0230. The maximum absolute atomic E-state index is 10.8. The summed E-state index contributed by atoms with van der Waals surface area (Å²) < 4.78 is 4.57. The maximum atomic E-state index is 10.8. The second kappa shape index (κ2) is 3.82. The van der Waals surface area contributed by atoms with Crippen molar-refractivity contribution in [1.29, 1.82) is 0 Å². The third kappa shape index (κ3) is 2.31. The zero-order chi connectivity index (χ0) is 8.97. The summed E-state index contributed by atoms with van der Waals surface area (Å²) in [6.45, 7) is 0.238. The standard InChI is InChI=1S/C6H9N3O3/c1-12-3-5(10)8-4-2-7-6(11)9-4/h2-3H2,1H3,(H2,7,8,9,10,11). The summed E-state index contributed by atoms with van der Waals surface area (Å²) >= 11 is 0. The van der Waals surface area contributed by atoms with E-state index in [9.17, 15) is 9.59 Å². The smallest absolute Gasteiger partial charge is 0.343 e. The van der Waals surface area contributed by atoms with Crippen LogP contribution in [0.1, 0.15) is 0 Å². The molecule has 0 atom stereocenters. The molecule has 6 heteroatoms. The lowest BCUT2D eigenvalue weighted by molar-refractivity contribution is -0.123. The molecule has 0 fully saturated rings. The van der Waals surface area contributed by atoms with Crippen molar-refractivity contribution in [2.45, 2.75) is 0 Å². The predicted molar refractivity (Wildman–Crippen MR) is 40.9 cm³/mol. The maximum Gasteiger partial charge on any atom is 0.343 e. The second-order valence-corrected chi connectivity index (χ2v) is 2.20. The van der Waals surface area contributed by atoms with E-state index < -0.39 is 6.03 Å². The first-order chi connectivity index (χ1) is 5.72. The number of rotatable bonds is 2. The van der Waals surface area contributed by atoms with Crippen LogP contribution in [0.2, 0.25) is 0 Å². The number of methoxy groups -OCH3 is 1. The van der Waals surface area contributed by atoms with E-state index in [-0.39, 0.29) is 19.1 Å². The van der Waals surface area contributed by atoms with Crippen molar-refractivity contribution < 1.29 is 14.3 Å². The summed E-state index contributed by atoms with van der Waals surface area (Å²) in [6.07, 6.45) is 0. The van der Waals surface area contributed by atoms with Crippen LogP contribution in [0.4, 0.5) is 4.79 Å². The lowest BCUT2D eigenvalue weighted by Gasteiger charge is -2.00. The van der Waals surface area contributed by atoms with Gasteiger partial charge in [0.05, 0.1) is 6.54 Å². The molecule has 1 rings (SSSR count). The molecule has 6 nitrogen and oxygen atoms in total. The highest BCUT2D eigenvalue weighted by atomic mass is 16.5. The quantitative estimate of drug-likeness (QED) is 0.551. The van der Waals surface area contributed by atoms with Crippen molar-refractivity contribution in [1.82, 2.24) is 10.6 Å². The fraction of sp³-hybridized carbons (Fsp3) is 0.500. The van der Waals surface area contributed by atoms with Gasteiger partial charge in [0.15, 0.2) is 0 Å². The molecule has 0 aromatic carbocycles. The minimum absolute atomic E-state index is 0.0345. The topological polar surface area (TPSA) is 79.8 Å². The molecule has 0 saturated carbocycles. The summed E-state index contributed by atoms with van der Waals surface area (Å²) in [6, 6.07) is -0.428. The summed E-state index contributed by atoms with van der Waals surface area (Å²) in [4.78, 5) is 24.9. The number of amidine groups is 1. The number of carbonyl (C=O) groups is 2. The van der Waals surface area contributed by atoms with Gasteiger partial charge in [-0.05, 0) is 0 Å². The van der Waals surface area contributed by atoms with Gasteiger partial charge in [0.25, 0.3) is 5.91 Å². The highest BCUT2D eigenvalue weighted by Crippen LogP contribution is 1.86. The molecule has 0 aromatic heterocycles. The van der Waals surface area contributed by atoms with Crippen LogP contribution in [-0.2, 0) is 9.53 Å². The number of hydrogen-bond acceptors (Lipinski definition) is 3. The number of amides is 3. The third-order valence-electron chi connectivity index (χ3n) is 1.20. The zero-order valence-corrected chi connectivity index (χ0v) is 6.59. The first-order valence-electron chi connectivity index (χ1n) is 3.36. The van der Waals surface area contributed by atoms with Crippen LogP contribution in [0.3, 0.4) is 0 Å². The Morgan fingerprint density at radius 2 is 2.58 bits per heavy atom. The molecule has 3 amide bonds. The van der Waals surface area contributed by atoms with Gasteiger partial charge in [-0.1, -0.05) is 0 Å². The van der Waals surface area contributed by atoms with Gasteiger partial charge in [0, 0.05) is 7.11 Å². The number of ether oxygens (including phenoxy) is 1. The SMILES string of the molecule is COCC(=O)NC1=NC(=O)NC1. The molecule has 0 radical (unpaired) electrons. The summed E-state index contributed by atoms with van der Waals surface area (Å²) in [7, 11) is 1.42. The van der Waals surface area contributed by atoms with E-state index in [4.69, 9.17) is 0 Å². The average molecular weight is 171 g/mol. The zero-order valence-electron chi connectivity index (χ0n) is 6.59. The molecule has 0 saturated heterocycles. The van der Waals surface area contributed by atoms with Crippen LogP contribution in [0.25, 0.3) is 0 Å². The molecule has 1 aliphatic rings. The van der Waals surface area contributed by atoms with Gasteiger partial charge in [-0.15, -0.1) is 0 Å². The van der Waals surface area contributed by atoms with Gasteiger partial charge in [-0.2, -0.15) is 4.99 Å². The second-order valence-electron chi connectivity index (χ2n) is 2.20. The van der Waals surface area contributed by atoms with Crippen molar-refractivity contribution >= 4 is 17.8 Å². The van der Waals surface area contributed by atoms with E-state index in [1.807, 2.05) is 0 Å². The molecule has 0 aliphatic carbocycles. The lowest BCUT2D eigenvalue weighted by Crippen LogP contribution is -2.35. The molecule has 0 spiro atoms. The van der Waals surface area contributed by atoms with Crippen LogP contribution in [0.5, 0.6) is 0 Å². The average Bonchev–Trinajstić information content (AvgIpc) is 2.36. The third-order valence-corrected chi connectivity index (χ3v) is 1.20. The fourth-order valence-corrected chi connectivity index (χ4v) is 0.761. The molecule has 2 N–H and O–H groups in total. The summed E-state index contributed by atoms with van der Waals surface area (Å²) in [5.41, 5.74) is 0. The van der Waals surface area contributed by atoms with Crippen molar-refractivity contribution in [3.05, 3.63) is 0 Å². The Labute approximate surface area is 69.0 Å². The van der Waals surface area contributed by atoms with E-state index in [2.05, 4.69) is 20.4 Å². The minimum atomic E-state index is -0.428. The van der Waals surface area contributed by atoms with Crippen LogP contribution in [-0.4, -0.2) is 38.0 Å². The Bertz CT molecular complexity index is 236. The normalized spacial score (nSPS) is 15.4. The molecular formula is C6H9N3O3. The lowest BCUT2D eigenvalue weighted by atomic mass is 10.5. The molecule has 12 heavy (non-hydrogen) atoms. The Morgan fingerprint density at radius 1 is 1.83 bits per heavy atom. The highest BCUT2D eigenvalue weighted by molar-refractivity contribution is 6.08. The molecule has 66 valence electrons. The molecular weight excluding hydrogens is 162 g/mol. The van der Waals surface area contributed by atoms with Gasteiger partial charge < -0.3 is 15.4 Å². The van der Waals surface area contributed by atoms with Crippen molar-refractivity contribution in [2.75, 3.05) is 20.3 Å². The van der Waals surface area contributed by atoms with Gasteiger partial charge >= 0.3 is 6.03 Å². The molecule has 1 heterocycles. The first kappa shape index (κ1) is 8.66. The van der Waals surface area contributed by atoms with Crippen molar-refractivity contribution in [2.24, 2.45) is 4.99 Å². The highest BCUT2D eigenvalue weighted by Gasteiger charge is 2.14. The summed E-state index contributed by atoms with van der Waals surface area (Å²) in [5, 5.41) is 4.83. The Balaban J connectivity index is 2.36. The molecule has 1 aliphatic heterocycles. The fourth-order valence-electron chi connectivity index (χ4n) is 0.761. The minimum Gasteiger partial charge on any atom is -0.375 e. The van der Waals surface area contributed by atoms with Crippen LogP contribution in [0.15, 0.2) is 4.99 Å². The van der Waals surface area contributed by atoms with E-state index in [0.29, 0.717) is 5.84 Å². The van der Waals surface area contributed by atoms with Gasteiger partial charge in [0.1, 0.15) is 12.4 Å². The number of hydrogen-bond donors (Lipinski definition) is 2. The predicted octanol–water partition coefficient (Wildman–Crippen LogP) is -1.13. The van der Waals surface area contributed by atoms with Gasteiger partial charge in [-0.25, -0.2) is 4.79 Å². The largest absolute Gasteiger partial charge is 0.375 e. The number of nitrogens with zero attached hydrogens (tertiary/aromatic N) is 1. The van der Waals surface area contributed by atoms with Crippen molar-refractivity contribution in [3.8, 4) is 0 Å². The first-order valence-corrected chi connectivity index (χ1v) is 3.36. The molecule has 0 aromatic rings. The Hall–Kier alpha value is -1.43. The van der Waals surface area contributed by atoms with Crippen molar-refractivity contribution in [3.63, 3.8) is 0 Å². The molecule has 0 bridgehead atoms. The van der Waals surface area contributed by atoms with E-state index in [1.165, 1.54) is 7.11 Å². The van der Waals surface area contributed by atoms with Gasteiger partial charge in [0.2, 0.25) is 0 Å². The van der Waals surface area contributed by atoms with Crippen LogP contribution in [0, 0.1) is 0 Å². The Kier molecular flexibility index (Phi) is 2.76. The number of urea groups is 1. The number of carbonyl (C=O) groups excluding carboxylic acids is 2.